The molecule has 0 aliphatic carbocycles. The zero-order chi connectivity index (χ0) is 23.1. The highest BCUT2D eigenvalue weighted by Gasteiger charge is 2.24. The summed E-state index contributed by atoms with van der Waals surface area (Å²) in [4.78, 5) is 27.1. The molecule has 1 fully saturated rings. The van der Waals surface area contributed by atoms with Gasteiger partial charge in [-0.1, -0.05) is 12.1 Å². The van der Waals surface area contributed by atoms with E-state index in [1.165, 1.54) is 12.8 Å². The lowest BCUT2D eigenvalue weighted by Crippen LogP contribution is -2.36. The van der Waals surface area contributed by atoms with Gasteiger partial charge in [0.15, 0.2) is 0 Å². The number of hydrogen-bond donors (Lipinski definition) is 2. The highest BCUT2D eigenvalue weighted by atomic mass is 16.6. The van der Waals surface area contributed by atoms with Crippen molar-refractivity contribution in [3.05, 3.63) is 59.7 Å². The molecule has 0 radical (unpaired) electrons. The maximum atomic E-state index is 12.8. The van der Waals surface area contributed by atoms with Crippen LogP contribution in [0.4, 0.5) is 10.5 Å². The van der Waals surface area contributed by atoms with Gasteiger partial charge in [0, 0.05) is 17.8 Å². The first-order valence-corrected chi connectivity index (χ1v) is 11.0. The van der Waals surface area contributed by atoms with Crippen molar-refractivity contribution in [2.24, 2.45) is 0 Å². The Bertz CT molecular complexity index is 916. The molecule has 0 bridgehead atoms. The summed E-state index contributed by atoms with van der Waals surface area (Å²) in [5, 5.41) is 5.74. The number of methoxy groups -OCH3 is 1. The third-order valence-electron chi connectivity index (χ3n) is 5.31. The molecule has 1 saturated heterocycles. The Hall–Kier alpha value is -3.06. The normalized spacial score (nSPS) is 15.1. The van der Waals surface area contributed by atoms with Gasteiger partial charge in [-0.05, 0) is 88.7 Å². The number of anilines is 1. The first kappa shape index (κ1) is 23.6. The first-order valence-electron chi connectivity index (χ1n) is 11.0. The summed E-state index contributed by atoms with van der Waals surface area (Å²) in [5.41, 5.74) is 1.66. The summed E-state index contributed by atoms with van der Waals surface area (Å²) in [6, 6.07) is 14.9. The fraction of sp³-hybridized carbons (Fsp3) is 0.440. The van der Waals surface area contributed by atoms with Crippen LogP contribution < -0.4 is 15.4 Å². The summed E-state index contributed by atoms with van der Waals surface area (Å²) in [5.74, 6) is 0.659. The van der Waals surface area contributed by atoms with E-state index in [4.69, 9.17) is 9.47 Å². The van der Waals surface area contributed by atoms with Crippen molar-refractivity contribution < 1.29 is 19.1 Å². The highest BCUT2D eigenvalue weighted by molar-refractivity contribution is 5.95. The van der Waals surface area contributed by atoms with E-state index in [2.05, 4.69) is 21.6 Å². The molecule has 7 nitrogen and oxygen atoms in total. The third-order valence-corrected chi connectivity index (χ3v) is 5.31. The Morgan fingerprint density at radius 2 is 1.75 bits per heavy atom. The van der Waals surface area contributed by atoms with Crippen LogP contribution in [0.3, 0.4) is 0 Å². The van der Waals surface area contributed by atoms with Crippen molar-refractivity contribution in [2.45, 2.75) is 45.3 Å². The fourth-order valence-corrected chi connectivity index (χ4v) is 3.78. The molecule has 2 aromatic rings. The average Bonchev–Trinajstić information content (AvgIpc) is 3.27. The van der Waals surface area contributed by atoms with Crippen LogP contribution in [0, 0.1) is 0 Å². The Labute approximate surface area is 190 Å². The number of likely N-dealkylation sites (tertiary alicyclic amines) is 1. The predicted octanol–water partition coefficient (Wildman–Crippen LogP) is 4.61. The number of nitrogens with zero attached hydrogens (tertiary/aromatic N) is 1. The first-order chi connectivity index (χ1) is 15.2. The second-order valence-corrected chi connectivity index (χ2v) is 8.95. The minimum Gasteiger partial charge on any atom is -0.497 e. The van der Waals surface area contributed by atoms with E-state index in [1.54, 1.807) is 52.1 Å². The molecular formula is C25H33N3O4. The second kappa shape index (κ2) is 10.5. The van der Waals surface area contributed by atoms with Crippen molar-refractivity contribution >= 4 is 17.7 Å². The molecule has 0 saturated carbocycles. The van der Waals surface area contributed by atoms with Crippen LogP contribution in [0.5, 0.6) is 5.75 Å². The molecular weight excluding hydrogens is 406 g/mol. The number of carbonyl (C=O) groups excluding carboxylic acids is 2. The summed E-state index contributed by atoms with van der Waals surface area (Å²) in [6.07, 6.45) is 1.81. The lowest BCUT2D eigenvalue weighted by atomic mass is 10.0. The van der Waals surface area contributed by atoms with Gasteiger partial charge in [0.2, 0.25) is 0 Å². The molecule has 0 spiro atoms. The van der Waals surface area contributed by atoms with E-state index in [1.807, 2.05) is 18.2 Å². The van der Waals surface area contributed by atoms with E-state index < -0.39 is 11.7 Å². The lowest BCUT2D eigenvalue weighted by molar-refractivity contribution is 0.0635. The number of hydrogen-bond acceptors (Lipinski definition) is 5. The molecule has 0 unspecified atom stereocenters. The quantitative estimate of drug-likeness (QED) is 0.659. The van der Waals surface area contributed by atoms with E-state index in [9.17, 15) is 9.59 Å². The highest BCUT2D eigenvalue weighted by Crippen LogP contribution is 2.27. The molecule has 0 aromatic heterocycles. The minimum atomic E-state index is -0.571. The smallest absolute Gasteiger partial charge is 0.412 e. The zero-order valence-electron chi connectivity index (χ0n) is 19.3. The number of carbonyl (C=O) groups is 2. The maximum absolute atomic E-state index is 12.8. The van der Waals surface area contributed by atoms with Crippen molar-refractivity contribution in [1.29, 1.82) is 0 Å². The molecule has 1 heterocycles. The summed E-state index contributed by atoms with van der Waals surface area (Å²) in [6.45, 7) is 7.96. The van der Waals surface area contributed by atoms with E-state index >= 15 is 0 Å². The Morgan fingerprint density at radius 1 is 1.06 bits per heavy atom. The van der Waals surface area contributed by atoms with Gasteiger partial charge >= 0.3 is 6.09 Å². The average molecular weight is 440 g/mol. The number of benzene rings is 2. The third kappa shape index (κ3) is 6.72. The van der Waals surface area contributed by atoms with Gasteiger partial charge in [-0.3, -0.25) is 15.0 Å². The number of amides is 2. The van der Waals surface area contributed by atoms with Gasteiger partial charge in [-0.25, -0.2) is 4.79 Å². The van der Waals surface area contributed by atoms with Gasteiger partial charge in [0.05, 0.1) is 13.2 Å². The van der Waals surface area contributed by atoms with Crippen LogP contribution in [-0.2, 0) is 4.74 Å². The zero-order valence-corrected chi connectivity index (χ0v) is 19.3. The van der Waals surface area contributed by atoms with E-state index in [-0.39, 0.29) is 11.9 Å². The maximum Gasteiger partial charge on any atom is 0.412 e. The number of ether oxygens (including phenoxy) is 2. The SMILES string of the molecule is COc1cccc([C@H](CNC(=O)c2ccc(NC(=O)OC(C)(C)C)cc2)N2CCCC2)c1. The van der Waals surface area contributed by atoms with Crippen LogP contribution in [0.15, 0.2) is 48.5 Å². The summed E-state index contributed by atoms with van der Waals surface area (Å²) >= 11 is 0. The molecule has 1 aliphatic rings. The largest absolute Gasteiger partial charge is 0.497 e. The number of rotatable bonds is 7. The topological polar surface area (TPSA) is 79.9 Å². The van der Waals surface area contributed by atoms with Crippen molar-refractivity contribution in [3.8, 4) is 5.75 Å². The van der Waals surface area contributed by atoms with Crippen molar-refractivity contribution in [1.82, 2.24) is 10.2 Å². The molecule has 2 aromatic carbocycles. The van der Waals surface area contributed by atoms with Crippen molar-refractivity contribution in [2.75, 3.05) is 32.1 Å². The van der Waals surface area contributed by atoms with Gasteiger partial charge in [-0.2, -0.15) is 0 Å². The number of nitrogens with one attached hydrogen (secondary N) is 2. The van der Waals surface area contributed by atoms with E-state index in [0.29, 0.717) is 17.8 Å². The Kier molecular flexibility index (Phi) is 7.75. The van der Waals surface area contributed by atoms with Gasteiger partial charge in [-0.15, -0.1) is 0 Å². The molecule has 172 valence electrons. The summed E-state index contributed by atoms with van der Waals surface area (Å²) < 4.78 is 10.6. The molecule has 3 rings (SSSR count). The molecule has 2 amide bonds. The molecule has 7 heteroatoms. The Balaban J connectivity index is 1.62. The standard InChI is InChI=1S/C25H33N3O4/c1-25(2,3)32-24(30)27-20-12-10-18(11-13-20)23(29)26-17-22(28-14-5-6-15-28)19-8-7-9-21(16-19)31-4/h7-13,16,22H,5-6,14-15,17H2,1-4H3,(H,26,29)(H,27,30)/t22-/m0/s1. The lowest BCUT2D eigenvalue weighted by Gasteiger charge is -2.28. The summed E-state index contributed by atoms with van der Waals surface area (Å²) in [7, 11) is 1.66. The van der Waals surface area contributed by atoms with Crippen molar-refractivity contribution in [3.63, 3.8) is 0 Å². The monoisotopic (exact) mass is 439 g/mol. The second-order valence-electron chi connectivity index (χ2n) is 8.95. The van der Waals surface area contributed by atoms with Gasteiger partial charge in [0.1, 0.15) is 11.4 Å². The Morgan fingerprint density at radius 3 is 2.38 bits per heavy atom. The van der Waals surface area contributed by atoms with Crippen LogP contribution >= 0.6 is 0 Å². The van der Waals surface area contributed by atoms with Crippen LogP contribution in [0.2, 0.25) is 0 Å². The van der Waals surface area contributed by atoms with E-state index in [0.717, 1.165) is 24.4 Å². The fourth-order valence-electron chi connectivity index (χ4n) is 3.78. The minimum absolute atomic E-state index is 0.0876. The van der Waals surface area contributed by atoms with Crippen LogP contribution in [-0.4, -0.2) is 49.2 Å². The van der Waals surface area contributed by atoms with Crippen LogP contribution in [0.25, 0.3) is 0 Å². The molecule has 1 atom stereocenters. The van der Waals surface area contributed by atoms with Crippen LogP contribution in [0.1, 0.15) is 55.6 Å². The molecule has 1 aliphatic heterocycles. The van der Waals surface area contributed by atoms with Gasteiger partial charge in [0.25, 0.3) is 5.91 Å². The van der Waals surface area contributed by atoms with Gasteiger partial charge < -0.3 is 14.8 Å². The molecule has 2 N–H and O–H groups in total. The molecule has 32 heavy (non-hydrogen) atoms. The predicted molar refractivity (Wildman–Crippen MR) is 125 cm³/mol.